The molecule has 0 atom stereocenters. The molecule has 0 saturated heterocycles. The molecule has 108 valence electrons. The highest BCUT2D eigenvalue weighted by molar-refractivity contribution is 6.32. The lowest BCUT2D eigenvalue weighted by Gasteiger charge is -2.11. The van der Waals surface area contributed by atoms with Crippen LogP contribution in [0.3, 0.4) is 0 Å². The summed E-state index contributed by atoms with van der Waals surface area (Å²) in [5, 5.41) is 25.6. The van der Waals surface area contributed by atoms with Crippen molar-refractivity contribution in [2.45, 2.75) is 0 Å². The van der Waals surface area contributed by atoms with Gasteiger partial charge in [-0.1, -0.05) is 11.6 Å². The number of rotatable bonds is 5. The lowest BCUT2D eigenvalue weighted by atomic mass is 10.2. The van der Waals surface area contributed by atoms with E-state index in [0.717, 1.165) is 0 Å². The molecule has 1 aromatic heterocycles. The number of ether oxygens (including phenoxy) is 2. The molecule has 2 rings (SSSR count). The third-order valence-corrected chi connectivity index (χ3v) is 2.85. The highest BCUT2D eigenvalue weighted by Crippen LogP contribution is 2.36. The Kier molecular flexibility index (Phi) is 4.58. The van der Waals surface area contributed by atoms with Crippen molar-refractivity contribution in [1.29, 1.82) is 5.26 Å². The van der Waals surface area contributed by atoms with E-state index in [-0.39, 0.29) is 11.4 Å². The van der Waals surface area contributed by atoms with Gasteiger partial charge in [0.05, 0.1) is 24.9 Å². The molecular formula is C12H11ClN6O2. The largest absolute Gasteiger partial charge is 0.495 e. The van der Waals surface area contributed by atoms with E-state index in [2.05, 4.69) is 25.9 Å². The second kappa shape index (κ2) is 6.58. The van der Waals surface area contributed by atoms with E-state index in [1.165, 1.54) is 20.4 Å². The minimum Gasteiger partial charge on any atom is -0.495 e. The van der Waals surface area contributed by atoms with Crippen molar-refractivity contribution in [3.8, 4) is 17.6 Å². The van der Waals surface area contributed by atoms with Gasteiger partial charge in [0.2, 0.25) is 5.82 Å². The molecule has 8 nitrogen and oxygen atoms in total. The van der Waals surface area contributed by atoms with Gasteiger partial charge in [0, 0.05) is 12.3 Å². The zero-order valence-corrected chi connectivity index (χ0v) is 12.0. The van der Waals surface area contributed by atoms with Crippen LogP contribution < -0.4 is 14.8 Å². The average Bonchev–Trinajstić information content (AvgIpc) is 3.02. The van der Waals surface area contributed by atoms with Crippen LogP contribution in [0.25, 0.3) is 5.57 Å². The minimum absolute atomic E-state index is 0.184. The standard InChI is InChI=1S/C12H11ClN6O2/c1-20-10-4-11(21-2)9(3-8(10)13)15-6-7(5-14)12-16-18-19-17-12/h3-4,6,15H,1-2H3,(H,16,17,18,19). The molecule has 0 bridgehead atoms. The van der Waals surface area contributed by atoms with Crippen molar-refractivity contribution in [1.82, 2.24) is 20.6 Å². The maximum absolute atomic E-state index is 9.08. The lowest BCUT2D eigenvalue weighted by molar-refractivity contribution is 0.396. The molecule has 0 aliphatic heterocycles. The van der Waals surface area contributed by atoms with Gasteiger partial charge in [0.1, 0.15) is 23.1 Å². The molecule has 0 fully saturated rings. The topological polar surface area (TPSA) is 109 Å². The van der Waals surface area contributed by atoms with Crippen molar-refractivity contribution in [2.24, 2.45) is 0 Å². The van der Waals surface area contributed by atoms with Crippen molar-refractivity contribution in [2.75, 3.05) is 19.5 Å². The van der Waals surface area contributed by atoms with Crippen molar-refractivity contribution in [3.63, 3.8) is 0 Å². The fourth-order valence-corrected chi connectivity index (χ4v) is 1.79. The van der Waals surface area contributed by atoms with E-state index < -0.39 is 0 Å². The number of aromatic nitrogens is 4. The summed E-state index contributed by atoms with van der Waals surface area (Å²) >= 11 is 6.06. The lowest BCUT2D eigenvalue weighted by Crippen LogP contribution is -1.97. The number of tetrazole rings is 1. The summed E-state index contributed by atoms with van der Waals surface area (Å²) in [6.07, 6.45) is 1.44. The molecule has 1 heterocycles. The number of nitrogens with zero attached hydrogens (tertiary/aromatic N) is 4. The fraction of sp³-hybridized carbons (Fsp3) is 0.167. The molecule has 21 heavy (non-hydrogen) atoms. The quantitative estimate of drug-likeness (QED) is 0.811. The Bertz CT molecular complexity index is 693. The van der Waals surface area contributed by atoms with Crippen LogP contribution in [0.5, 0.6) is 11.5 Å². The number of hydrogen-bond donors (Lipinski definition) is 2. The number of anilines is 1. The number of methoxy groups -OCH3 is 2. The summed E-state index contributed by atoms with van der Waals surface area (Å²) in [5.41, 5.74) is 0.775. The molecule has 2 N–H and O–H groups in total. The summed E-state index contributed by atoms with van der Waals surface area (Å²) in [7, 11) is 3.03. The number of nitrogens with one attached hydrogen (secondary N) is 2. The predicted molar refractivity (Wildman–Crippen MR) is 75.9 cm³/mol. The van der Waals surface area contributed by atoms with Crippen molar-refractivity contribution >= 4 is 22.9 Å². The molecule has 2 aromatic rings. The first-order chi connectivity index (χ1) is 10.2. The molecule has 0 spiro atoms. The van der Waals surface area contributed by atoms with Crippen LogP contribution in [0.1, 0.15) is 5.82 Å². The third kappa shape index (κ3) is 3.21. The third-order valence-electron chi connectivity index (χ3n) is 2.55. The number of H-pyrrole nitrogens is 1. The van der Waals surface area contributed by atoms with Crippen LogP contribution in [0.15, 0.2) is 18.3 Å². The Morgan fingerprint density at radius 3 is 2.71 bits per heavy atom. The van der Waals surface area contributed by atoms with Gasteiger partial charge >= 0.3 is 0 Å². The number of halogens is 1. The number of hydrogen-bond acceptors (Lipinski definition) is 7. The number of allylic oxidation sites excluding steroid dienone is 1. The molecule has 0 aliphatic carbocycles. The van der Waals surface area contributed by atoms with E-state index in [4.69, 9.17) is 26.3 Å². The van der Waals surface area contributed by atoms with Crippen LogP contribution in [-0.4, -0.2) is 34.8 Å². The average molecular weight is 307 g/mol. The van der Waals surface area contributed by atoms with Crippen molar-refractivity contribution in [3.05, 3.63) is 29.2 Å². The zero-order valence-electron chi connectivity index (χ0n) is 11.2. The summed E-state index contributed by atoms with van der Waals surface area (Å²) in [6.45, 7) is 0. The summed E-state index contributed by atoms with van der Waals surface area (Å²) in [4.78, 5) is 0. The fourth-order valence-electron chi connectivity index (χ4n) is 1.55. The molecule has 9 heteroatoms. The molecule has 0 saturated carbocycles. The van der Waals surface area contributed by atoms with E-state index in [1.807, 2.05) is 6.07 Å². The maximum atomic E-state index is 9.08. The summed E-state index contributed by atoms with van der Waals surface area (Å²) < 4.78 is 10.3. The van der Waals surface area contributed by atoms with Gasteiger partial charge < -0.3 is 14.8 Å². The number of nitriles is 1. The van der Waals surface area contributed by atoms with Gasteiger partial charge in [-0.15, -0.1) is 10.2 Å². The van der Waals surface area contributed by atoms with Gasteiger partial charge in [-0.2, -0.15) is 10.5 Å². The van der Waals surface area contributed by atoms with E-state index >= 15 is 0 Å². The van der Waals surface area contributed by atoms with Gasteiger partial charge in [0.15, 0.2) is 0 Å². The normalized spacial score (nSPS) is 10.9. The van der Waals surface area contributed by atoms with Gasteiger partial charge in [-0.25, -0.2) is 0 Å². The highest BCUT2D eigenvalue weighted by atomic mass is 35.5. The molecule has 0 radical (unpaired) electrons. The Morgan fingerprint density at radius 2 is 2.14 bits per heavy atom. The van der Waals surface area contributed by atoms with Gasteiger partial charge in [-0.3, -0.25) is 0 Å². The number of aromatic amines is 1. The highest BCUT2D eigenvalue weighted by Gasteiger charge is 2.10. The maximum Gasteiger partial charge on any atom is 0.216 e. The first-order valence-electron chi connectivity index (χ1n) is 5.71. The first kappa shape index (κ1) is 14.6. The van der Waals surface area contributed by atoms with Crippen LogP contribution in [0.4, 0.5) is 5.69 Å². The van der Waals surface area contributed by atoms with Crippen LogP contribution in [0.2, 0.25) is 5.02 Å². The Labute approximate surface area is 125 Å². The monoisotopic (exact) mass is 306 g/mol. The van der Waals surface area contributed by atoms with Crippen LogP contribution in [0, 0.1) is 11.3 Å². The molecule has 0 aliphatic rings. The SMILES string of the molecule is COc1cc(OC)c(NC=C(C#N)c2nn[nH]n2)cc1Cl. The van der Waals surface area contributed by atoms with E-state index in [9.17, 15) is 0 Å². The Morgan fingerprint density at radius 1 is 1.38 bits per heavy atom. The first-order valence-corrected chi connectivity index (χ1v) is 6.09. The van der Waals surface area contributed by atoms with Gasteiger partial charge in [0.25, 0.3) is 0 Å². The van der Waals surface area contributed by atoms with E-state index in [0.29, 0.717) is 22.2 Å². The van der Waals surface area contributed by atoms with Gasteiger partial charge in [-0.05, 0) is 11.3 Å². The zero-order chi connectivity index (χ0) is 15.2. The smallest absolute Gasteiger partial charge is 0.216 e. The Hall–Kier alpha value is -2.79. The summed E-state index contributed by atoms with van der Waals surface area (Å²) in [5.74, 6) is 1.18. The molecule has 0 amide bonds. The van der Waals surface area contributed by atoms with Crippen LogP contribution >= 0.6 is 11.6 Å². The molecular weight excluding hydrogens is 296 g/mol. The molecule has 1 aromatic carbocycles. The van der Waals surface area contributed by atoms with Crippen LogP contribution in [-0.2, 0) is 0 Å². The Balaban J connectivity index is 2.31. The van der Waals surface area contributed by atoms with E-state index in [1.54, 1.807) is 12.1 Å². The second-order valence-electron chi connectivity index (χ2n) is 3.74. The molecule has 0 unspecified atom stereocenters. The summed E-state index contributed by atoms with van der Waals surface area (Å²) in [6, 6.07) is 5.23. The van der Waals surface area contributed by atoms with Crippen molar-refractivity contribution < 1.29 is 9.47 Å². The predicted octanol–water partition coefficient (Wildman–Crippen LogP) is 1.85. The minimum atomic E-state index is 0.184. The second-order valence-corrected chi connectivity index (χ2v) is 4.14. The number of benzene rings is 1.